The molecule has 30 heavy (non-hydrogen) atoms. The van der Waals surface area contributed by atoms with E-state index < -0.39 is 0 Å². The van der Waals surface area contributed by atoms with Crippen LogP contribution in [-0.4, -0.2) is 58.3 Å². The number of rotatable bonds is 8. The average Bonchev–Trinajstić information content (AvgIpc) is 2.78. The molecular formula is C24H31N3O3. The van der Waals surface area contributed by atoms with Crippen LogP contribution in [0.25, 0.3) is 0 Å². The van der Waals surface area contributed by atoms with Crippen molar-refractivity contribution in [1.82, 2.24) is 10.2 Å². The first-order valence-corrected chi connectivity index (χ1v) is 10.2. The number of nitrogens with one attached hydrogen (secondary N) is 1. The maximum atomic E-state index is 12.9. The Morgan fingerprint density at radius 3 is 2.50 bits per heavy atom. The topological polar surface area (TPSA) is 54.0 Å². The molecule has 160 valence electrons. The highest BCUT2D eigenvalue weighted by Crippen LogP contribution is 2.33. The lowest BCUT2D eigenvalue weighted by molar-refractivity contribution is 0.0950. The third kappa shape index (κ3) is 4.94. The van der Waals surface area contributed by atoms with Crippen LogP contribution in [-0.2, 0) is 13.0 Å². The van der Waals surface area contributed by atoms with Crippen molar-refractivity contribution in [2.75, 3.05) is 52.3 Å². The second kappa shape index (κ2) is 10.2. The number of nitrogens with zero attached hydrogens (tertiary/aromatic N) is 2. The fourth-order valence-electron chi connectivity index (χ4n) is 3.78. The van der Waals surface area contributed by atoms with Gasteiger partial charge < -0.3 is 24.6 Å². The zero-order valence-electron chi connectivity index (χ0n) is 18.1. The van der Waals surface area contributed by atoms with Crippen LogP contribution < -0.4 is 19.7 Å². The molecule has 2 aromatic carbocycles. The van der Waals surface area contributed by atoms with Crippen molar-refractivity contribution < 1.29 is 14.3 Å². The predicted molar refractivity (Wildman–Crippen MR) is 121 cm³/mol. The van der Waals surface area contributed by atoms with Crippen LogP contribution >= 0.6 is 0 Å². The van der Waals surface area contributed by atoms with Crippen molar-refractivity contribution in [2.24, 2.45) is 0 Å². The molecule has 0 spiro atoms. The monoisotopic (exact) mass is 409 g/mol. The maximum Gasteiger partial charge on any atom is 0.251 e. The predicted octanol–water partition coefficient (Wildman–Crippen LogP) is 3.11. The summed E-state index contributed by atoms with van der Waals surface area (Å²) in [5.74, 6) is 1.03. The lowest BCUT2D eigenvalue weighted by Crippen LogP contribution is -2.45. The Kier molecular flexibility index (Phi) is 7.36. The fourth-order valence-corrected chi connectivity index (χ4v) is 3.78. The molecule has 2 aromatic rings. The number of hydrogen-bond acceptors (Lipinski definition) is 5. The molecular weight excluding hydrogens is 378 g/mol. The Bertz CT molecular complexity index is 889. The summed E-state index contributed by atoms with van der Waals surface area (Å²) in [7, 11) is 5.32. The largest absolute Gasteiger partial charge is 0.493 e. The third-order valence-electron chi connectivity index (χ3n) is 5.46. The molecule has 1 aliphatic rings. The summed E-state index contributed by atoms with van der Waals surface area (Å²) in [6.45, 7) is 8.31. The van der Waals surface area contributed by atoms with Gasteiger partial charge in [0.25, 0.3) is 5.91 Å². The Balaban J connectivity index is 1.76. The van der Waals surface area contributed by atoms with Crippen LogP contribution in [0.2, 0.25) is 0 Å². The first-order valence-electron chi connectivity index (χ1n) is 10.2. The van der Waals surface area contributed by atoms with E-state index in [4.69, 9.17) is 9.47 Å². The number of allylic oxidation sites excluding steroid dienone is 1. The van der Waals surface area contributed by atoms with Gasteiger partial charge in [-0.05, 0) is 37.2 Å². The van der Waals surface area contributed by atoms with Crippen LogP contribution in [0.15, 0.2) is 49.1 Å². The molecule has 6 nitrogen and oxygen atoms in total. The van der Waals surface area contributed by atoms with E-state index in [1.807, 2.05) is 12.1 Å². The molecule has 0 aliphatic carbocycles. The van der Waals surface area contributed by atoms with Gasteiger partial charge in [0.15, 0.2) is 11.5 Å². The standard InChI is InChI=1S/C24H31N3O3/c1-5-8-18-15-20(16-22(29-3)23(18)30-4)24(28)25-17-19-9-6-7-10-21(19)27-13-11-26(2)12-14-27/h5-7,9-10,15-16H,1,8,11-14,17H2,2-4H3,(H,25,28). The summed E-state index contributed by atoms with van der Waals surface area (Å²) < 4.78 is 10.9. The molecule has 1 fully saturated rings. The van der Waals surface area contributed by atoms with Crippen molar-refractivity contribution in [1.29, 1.82) is 0 Å². The molecule has 0 radical (unpaired) electrons. The second-order valence-electron chi connectivity index (χ2n) is 7.47. The van der Waals surface area contributed by atoms with E-state index in [2.05, 4.69) is 46.9 Å². The summed E-state index contributed by atoms with van der Waals surface area (Å²) in [6.07, 6.45) is 2.37. The van der Waals surface area contributed by atoms with E-state index in [0.717, 1.165) is 37.3 Å². The van der Waals surface area contributed by atoms with Gasteiger partial charge in [0.1, 0.15) is 0 Å². The van der Waals surface area contributed by atoms with Crippen LogP contribution in [0, 0.1) is 0 Å². The first-order chi connectivity index (χ1) is 14.6. The Morgan fingerprint density at radius 2 is 1.83 bits per heavy atom. The minimum atomic E-state index is -0.144. The summed E-state index contributed by atoms with van der Waals surface area (Å²) in [6, 6.07) is 11.8. The van der Waals surface area contributed by atoms with Crippen molar-refractivity contribution in [3.05, 3.63) is 65.7 Å². The highest BCUT2D eigenvalue weighted by molar-refractivity contribution is 5.95. The highest BCUT2D eigenvalue weighted by Gasteiger charge is 2.18. The molecule has 1 heterocycles. The number of benzene rings is 2. The number of anilines is 1. The highest BCUT2D eigenvalue weighted by atomic mass is 16.5. The lowest BCUT2D eigenvalue weighted by atomic mass is 10.0. The number of methoxy groups -OCH3 is 2. The fraction of sp³-hybridized carbons (Fsp3) is 0.375. The average molecular weight is 410 g/mol. The summed E-state index contributed by atoms with van der Waals surface area (Å²) in [4.78, 5) is 17.6. The van der Waals surface area contributed by atoms with Gasteiger partial charge in [0.2, 0.25) is 0 Å². The number of ether oxygens (including phenoxy) is 2. The van der Waals surface area contributed by atoms with E-state index in [1.54, 1.807) is 26.4 Å². The van der Waals surface area contributed by atoms with Crippen LogP contribution in [0.4, 0.5) is 5.69 Å². The van der Waals surface area contributed by atoms with Gasteiger partial charge in [-0.15, -0.1) is 6.58 Å². The summed E-state index contributed by atoms with van der Waals surface area (Å²) >= 11 is 0. The molecule has 0 atom stereocenters. The zero-order chi connectivity index (χ0) is 21.5. The van der Waals surface area contributed by atoms with E-state index in [0.29, 0.717) is 30.0 Å². The normalized spacial score (nSPS) is 14.3. The smallest absolute Gasteiger partial charge is 0.251 e. The Hall–Kier alpha value is -2.99. The van der Waals surface area contributed by atoms with Gasteiger partial charge in [-0.2, -0.15) is 0 Å². The van der Waals surface area contributed by atoms with Gasteiger partial charge in [0, 0.05) is 49.5 Å². The molecule has 0 bridgehead atoms. The van der Waals surface area contributed by atoms with Crippen molar-refractivity contribution in [2.45, 2.75) is 13.0 Å². The number of amides is 1. The van der Waals surface area contributed by atoms with Gasteiger partial charge in [-0.3, -0.25) is 4.79 Å². The van der Waals surface area contributed by atoms with Gasteiger partial charge in [-0.1, -0.05) is 24.3 Å². The first kappa shape index (κ1) is 21.7. The van der Waals surface area contributed by atoms with Gasteiger partial charge in [0.05, 0.1) is 14.2 Å². The van der Waals surface area contributed by atoms with E-state index in [1.165, 1.54) is 5.69 Å². The van der Waals surface area contributed by atoms with Crippen LogP contribution in [0.3, 0.4) is 0 Å². The van der Waals surface area contributed by atoms with Gasteiger partial charge in [-0.25, -0.2) is 0 Å². The summed E-state index contributed by atoms with van der Waals surface area (Å²) in [5.41, 5.74) is 3.71. The number of carbonyl (C=O) groups is 1. The SMILES string of the molecule is C=CCc1cc(C(=O)NCc2ccccc2N2CCN(C)CC2)cc(OC)c1OC. The Labute approximate surface area is 179 Å². The number of likely N-dealkylation sites (N-methyl/N-ethyl adjacent to an activating group) is 1. The molecule has 0 saturated carbocycles. The van der Waals surface area contributed by atoms with E-state index in [9.17, 15) is 4.79 Å². The van der Waals surface area contributed by atoms with E-state index in [-0.39, 0.29) is 5.91 Å². The van der Waals surface area contributed by atoms with E-state index >= 15 is 0 Å². The molecule has 3 rings (SSSR count). The minimum Gasteiger partial charge on any atom is -0.493 e. The number of para-hydroxylation sites is 1. The van der Waals surface area contributed by atoms with Crippen molar-refractivity contribution in [3.8, 4) is 11.5 Å². The molecule has 1 saturated heterocycles. The lowest BCUT2D eigenvalue weighted by Gasteiger charge is -2.35. The molecule has 1 N–H and O–H groups in total. The summed E-state index contributed by atoms with van der Waals surface area (Å²) in [5, 5.41) is 3.06. The third-order valence-corrected chi connectivity index (χ3v) is 5.46. The number of carbonyl (C=O) groups excluding carboxylic acids is 1. The second-order valence-corrected chi connectivity index (χ2v) is 7.47. The number of hydrogen-bond donors (Lipinski definition) is 1. The number of piperazine rings is 1. The quantitative estimate of drug-likeness (QED) is 0.679. The van der Waals surface area contributed by atoms with Crippen LogP contribution in [0.1, 0.15) is 21.5 Å². The molecule has 0 unspecified atom stereocenters. The molecule has 0 aromatic heterocycles. The zero-order valence-corrected chi connectivity index (χ0v) is 18.1. The molecule has 1 amide bonds. The molecule has 6 heteroatoms. The van der Waals surface area contributed by atoms with Gasteiger partial charge >= 0.3 is 0 Å². The minimum absolute atomic E-state index is 0.144. The Morgan fingerprint density at radius 1 is 1.10 bits per heavy atom. The van der Waals surface area contributed by atoms with Crippen molar-refractivity contribution >= 4 is 11.6 Å². The van der Waals surface area contributed by atoms with Crippen LogP contribution in [0.5, 0.6) is 11.5 Å². The van der Waals surface area contributed by atoms with Crippen molar-refractivity contribution in [3.63, 3.8) is 0 Å². The maximum absolute atomic E-state index is 12.9. The molecule has 1 aliphatic heterocycles.